The highest BCUT2D eigenvalue weighted by atomic mass is 16.3. The van der Waals surface area contributed by atoms with Crippen LogP contribution in [0.5, 0.6) is 0 Å². The van der Waals surface area contributed by atoms with E-state index in [-0.39, 0.29) is 6.17 Å². The topological polar surface area (TPSA) is 44.9 Å². The average Bonchev–Trinajstić information content (AvgIpc) is 3.28. The second-order valence-electron chi connectivity index (χ2n) is 8.09. The highest BCUT2D eigenvalue weighted by Crippen LogP contribution is 2.44. The average molecular weight is 423 g/mol. The Labute approximate surface area is 188 Å². The fourth-order valence-electron chi connectivity index (χ4n) is 4.63. The highest BCUT2D eigenvalue weighted by Gasteiger charge is 2.38. The zero-order valence-corrected chi connectivity index (χ0v) is 18.8. The molecule has 5 nitrogen and oxygen atoms in total. The Kier molecular flexibility index (Phi) is 4.82. The maximum atomic E-state index is 6.36. The molecular weight excluding hydrogens is 396 g/mol. The molecule has 0 saturated carbocycles. The summed E-state index contributed by atoms with van der Waals surface area (Å²) in [4.78, 5) is 13.6. The molecule has 0 aliphatic carbocycles. The molecule has 1 aliphatic heterocycles. The van der Waals surface area contributed by atoms with Gasteiger partial charge in [0.2, 0.25) is 5.71 Å². The minimum Gasteiger partial charge on any atom is -0.435 e. The van der Waals surface area contributed by atoms with Crippen LogP contribution in [0.1, 0.15) is 25.1 Å². The second kappa shape index (κ2) is 7.68. The highest BCUT2D eigenvalue weighted by molar-refractivity contribution is 6.09. The summed E-state index contributed by atoms with van der Waals surface area (Å²) in [5.41, 5.74) is 6.62. The van der Waals surface area contributed by atoms with Gasteiger partial charge in [0.25, 0.3) is 0 Å². The lowest BCUT2D eigenvalue weighted by atomic mass is 10.1. The van der Waals surface area contributed by atoms with E-state index in [1.807, 2.05) is 32.1 Å². The van der Waals surface area contributed by atoms with Crippen molar-refractivity contribution < 1.29 is 4.42 Å². The minimum atomic E-state index is -0.0312. The molecule has 1 aliphatic rings. The number of hydrogen-bond donors (Lipinski definition) is 0. The number of para-hydroxylation sites is 1. The lowest BCUT2D eigenvalue weighted by Crippen LogP contribution is -2.38. The molecule has 2 aromatic heterocycles. The summed E-state index contributed by atoms with van der Waals surface area (Å²) in [6, 6.07) is 18.7. The summed E-state index contributed by atoms with van der Waals surface area (Å²) >= 11 is 0. The first kappa shape index (κ1) is 20.1. The number of fused-ring (bicyclic) bond motifs is 3. The number of aryl methyl sites for hydroxylation is 2. The van der Waals surface area contributed by atoms with Crippen LogP contribution >= 0.6 is 0 Å². The van der Waals surface area contributed by atoms with E-state index in [0.29, 0.717) is 5.71 Å². The quantitative estimate of drug-likeness (QED) is 0.343. The predicted molar refractivity (Wildman–Crippen MR) is 133 cm³/mol. The van der Waals surface area contributed by atoms with Crippen LogP contribution in [0.25, 0.3) is 22.1 Å². The van der Waals surface area contributed by atoms with Crippen molar-refractivity contribution in [1.29, 1.82) is 0 Å². The normalized spacial score (nSPS) is 16.8. The van der Waals surface area contributed by atoms with Crippen LogP contribution < -0.4 is 9.80 Å². The smallest absolute Gasteiger partial charge is 0.227 e. The predicted octanol–water partition coefficient (Wildman–Crippen LogP) is 6.72. The molecule has 0 bridgehead atoms. The maximum absolute atomic E-state index is 6.36. The van der Waals surface area contributed by atoms with Gasteiger partial charge in [-0.25, -0.2) is 9.98 Å². The first-order valence-corrected chi connectivity index (χ1v) is 10.8. The molecule has 32 heavy (non-hydrogen) atoms. The monoisotopic (exact) mass is 422 g/mol. The van der Waals surface area contributed by atoms with Crippen molar-refractivity contribution in [2.45, 2.75) is 33.9 Å². The number of benzene rings is 2. The van der Waals surface area contributed by atoms with Gasteiger partial charge in [-0.15, -0.1) is 0 Å². The van der Waals surface area contributed by atoms with Crippen LogP contribution in [-0.2, 0) is 0 Å². The summed E-state index contributed by atoms with van der Waals surface area (Å²) in [6.45, 7) is 12.2. The summed E-state index contributed by atoms with van der Waals surface area (Å²) in [7, 11) is 0. The minimum absolute atomic E-state index is 0.0312. The number of furan rings is 1. The van der Waals surface area contributed by atoms with Crippen molar-refractivity contribution in [3.63, 3.8) is 0 Å². The van der Waals surface area contributed by atoms with Crippen molar-refractivity contribution in [2.24, 2.45) is 4.99 Å². The number of nitrogens with zero attached hydrogens (tertiary/aromatic N) is 4. The van der Waals surface area contributed by atoms with E-state index >= 15 is 0 Å². The van der Waals surface area contributed by atoms with Crippen LogP contribution in [0.15, 0.2) is 87.7 Å². The Bertz CT molecular complexity index is 1400. The molecule has 0 radical (unpaired) electrons. The molecule has 1 atom stereocenters. The zero-order chi connectivity index (χ0) is 22.4. The van der Waals surface area contributed by atoms with E-state index in [4.69, 9.17) is 4.42 Å². The molecule has 0 unspecified atom stereocenters. The van der Waals surface area contributed by atoms with Gasteiger partial charge in [0.05, 0.1) is 11.4 Å². The number of pyridine rings is 1. The van der Waals surface area contributed by atoms with Crippen molar-refractivity contribution in [3.8, 4) is 0 Å². The first-order valence-electron chi connectivity index (χ1n) is 10.8. The van der Waals surface area contributed by atoms with Crippen molar-refractivity contribution in [2.75, 3.05) is 9.80 Å². The number of aromatic nitrogens is 1. The van der Waals surface area contributed by atoms with Crippen molar-refractivity contribution in [3.05, 3.63) is 89.5 Å². The number of anilines is 2. The number of aliphatic imine (C=N–C) groups is 1. The maximum Gasteiger partial charge on any atom is 0.227 e. The number of hydrogen-bond acceptors (Lipinski definition) is 5. The first-order chi connectivity index (χ1) is 15.5. The Hall–Kier alpha value is -3.86. The fraction of sp³-hybridized carbons (Fsp3) is 0.185. The Morgan fingerprint density at radius 1 is 1.00 bits per heavy atom. The third kappa shape index (κ3) is 2.93. The van der Waals surface area contributed by atoms with E-state index in [9.17, 15) is 0 Å². The largest absolute Gasteiger partial charge is 0.435 e. The molecular formula is C27H26N4O. The zero-order valence-electron chi connectivity index (χ0n) is 18.8. The molecule has 160 valence electrons. The molecule has 5 heteroatoms. The van der Waals surface area contributed by atoms with Gasteiger partial charge in [-0.05, 0) is 70.3 Å². The van der Waals surface area contributed by atoms with Gasteiger partial charge in [0, 0.05) is 22.2 Å². The molecule has 0 saturated heterocycles. The van der Waals surface area contributed by atoms with Gasteiger partial charge in [0.1, 0.15) is 6.17 Å². The molecule has 5 rings (SSSR count). The van der Waals surface area contributed by atoms with Gasteiger partial charge in [-0.2, -0.15) is 0 Å². The third-order valence-electron chi connectivity index (χ3n) is 6.04. The summed E-state index contributed by atoms with van der Waals surface area (Å²) in [6.07, 6.45) is 4.09. The van der Waals surface area contributed by atoms with Crippen molar-refractivity contribution >= 4 is 40.2 Å². The Morgan fingerprint density at radius 2 is 1.75 bits per heavy atom. The van der Waals surface area contributed by atoms with Crippen LogP contribution in [0.4, 0.5) is 11.4 Å². The number of allylic oxidation sites excluding steroid dienone is 2. The van der Waals surface area contributed by atoms with Crippen LogP contribution in [-0.4, -0.2) is 17.9 Å². The van der Waals surface area contributed by atoms with E-state index < -0.39 is 0 Å². The third-order valence-corrected chi connectivity index (χ3v) is 6.04. The van der Waals surface area contributed by atoms with E-state index in [0.717, 1.165) is 50.5 Å². The van der Waals surface area contributed by atoms with Gasteiger partial charge >= 0.3 is 0 Å². The standard InChI is InChI=1S/C27H26N4O/c1-6-10-23-26(28-5)31(19(4)30(23)20-11-8-7-9-12-20)24-17(2)13-15-21-22-16-14-18(3)29-27(22)32-25(21)24/h6-16,19H,5H2,1-4H3/b10-6-/t19-/m0/s1. The van der Waals surface area contributed by atoms with Crippen LogP contribution in [0.3, 0.4) is 0 Å². The molecule has 0 amide bonds. The van der Waals surface area contributed by atoms with E-state index in [1.54, 1.807) is 0 Å². The molecule has 0 spiro atoms. The summed E-state index contributed by atoms with van der Waals surface area (Å²) < 4.78 is 6.36. The van der Waals surface area contributed by atoms with Gasteiger partial charge in [0.15, 0.2) is 11.4 Å². The lowest BCUT2D eigenvalue weighted by molar-refractivity contribution is 0.645. The molecule has 2 aromatic carbocycles. The molecule has 3 heterocycles. The van der Waals surface area contributed by atoms with E-state index in [1.165, 1.54) is 0 Å². The van der Waals surface area contributed by atoms with Gasteiger partial charge in [-0.1, -0.05) is 36.4 Å². The lowest BCUT2D eigenvalue weighted by Gasteiger charge is -2.32. The molecule has 0 N–H and O–H groups in total. The van der Waals surface area contributed by atoms with E-state index in [2.05, 4.69) is 88.9 Å². The second-order valence-corrected chi connectivity index (χ2v) is 8.09. The molecule has 0 fully saturated rings. The fourth-order valence-corrected chi connectivity index (χ4v) is 4.63. The van der Waals surface area contributed by atoms with Crippen LogP contribution in [0, 0.1) is 13.8 Å². The summed E-state index contributed by atoms with van der Waals surface area (Å²) in [5, 5.41) is 2.07. The van der Waals surface area contributed by atoms with Crippen molar-refractivity contribution in [1.82, 2.24) is 4.98 Å². The Balaban J connectivity index is 1.79. The summed E-state index contributed by atoms with van der Waals surface area (Å²) in [5.74, 6) is 0.805. The van der Waals surface area contributed by atoms with Gasteiger partial charge < -0.3 is 9.32 Å². The van der Waals surface area contributed by atoms with Crippen LogP contribution in [0.2, 0.25) is 0 Å². The Morgan fingerprint density at radius 3 is 2.47 bits per heavy atom. The van der Waals surface area contributed by atoms with Gasteiger partial charge in [-0.3, -0.25) is 4.90 Å². The molecule has 4 aromatic rings. The number of rotatable bonds is 4. The SMILES string of the molecule is C=NC1=C(/C=C\C)N(c2ccccc2)[C@H](C)N1c1c(C)ccc2c1oc1nc(C)ccc12.